The quantitative estimate of drug-likeness (QED) is 0.528. The van der Waals surface area contributed by atoms with E-state index in [2.05, 4.69) is 12.6 Å². The summed E-state index contributed by atoms with van der Waals surface area (Å²) in [4.78, 5) is 20.9. The number of carboxylic acids is 2. The normalized spacial score (nSPS) is 10.4. The van der Waals surface area contributed by atoms with E-state index in [1.54, 1.807) is 0 Å². The molecule has 1 unspecified atom stereocenters. The lowest BCUT2D eigenvalue weighted by Crippen LogP contribution is -2.30. The number of hydrogen-bond acceptors (Lipinski definition) is 5. The van der Waals surface area contributed by atoms with Crippen LogP contribution in [0.5, 0.6) is 0 Å². The molecule has 0 heterocycles. The van der Waals surface area contributed by atoms with Crippen LogP contribution in [0.1, 0.15) is 13.3 Å². The van der Waals surface area contributed by atoms with Crippen molar-refractivity contribution in [3.63, 3.8) is 0 Å². The molecule has 0 amide bonds. The van der Waals surface area contributed by atoms with E-state index in [9.17, 15) is 4.79 Å². The lowest BCUT2D eigenvalue weighted by atomic mass is 10.2. The summed E-state index contributed by atoms with van der Waals surface area (Å²) in [7, 11) is 6.00. The second-order valence-corrected chi connectivity index (χ2v) is 3.76. The number of rotatable bonds is 3. The van der Waals surface area contributed by atoms with Crippen molar-refractivity contribution in [3.8, 4) is 0 Å². The lowest BCUT2D eigenvalue weighted by molar-refractivity contribution is -0.138. The van der Waals surface area contributed by atoms with E-state index in [-0.39, 0.29) is 0 Å². The summed E-state index contributed by atoms with van der Waals surface area (Å²) in [6.45, 7) is 1.08. The average molecular weight is 254 g/mol. The van der Waals surface area contributed by atoms with Crippen molar-refractivity contribution in [1.82, 2.24) is 4.90 Å². The lowest BCUT2D eigenvalue weighted by Gasteiger charge is -2.00. The van der Waals surface area contributed by atoms with Crippen LogP contribution in [0, 0.1) is 0 Å². The largest absolute Gasteiger partial charge is 0.481 e. The van der Waals surface area contributed by atoms with Gasteiger partial charge < -0.3 is 20.8 Å². The fourth-order valence-electron chi connectivity index (χ4n) is 0.263. The number of carboxylic acid groups (broad SMARTS) is 2. The van der Waals surface area contributed by atoms with Crippen LogP contribution in [-0.4, -0.2) is 60.0 Å². The Balaban J connectivity index is -0.000000179. The molecule has 0 spiro atoms. The molecule has 0 saturated heterocycles. The highest BCUT2D eigenvalue weighted by molar-refractivity contribution is 7.80. The van der Waals surface area contributed by atoms with Gasteiger partial charge in [-0.2, -0.15) is 12.6 Å². The first-order valence-corrected chi connectivity index (χ1v) is 5.18. The highest BCUT2D eigenvalue weighted by atomic mass is 32.1. The molecule has 1 atom stereocenters. The van der Waals surface area contributed by atoms with E-state index in [0.717, 1.165) is 6.92 Å². The molecule has 0 saturated carbocycles. The molecule has 0 aromatic heterocycles. The molecule has 98 valence electrons. The minimum Gasteiger partial charge on any atom is -0.481 e. The van der Waals surface area contributed by atoms with Crippen LogP contribution in [0.25, 0.3) is 0 Å². The number of nitrogens with two attached hydrogens (primary N) is 1. The summed E-state index contributed by atoms with van der Waals surface area (Å²) in [6, 6.07) is -0.743. The standard InChI is InChI=1S/C4H9NO2S.C3H9N.C2H4O2/c5-3(1-2-8)4(6)7;1-4(2)3;1-2(3)4/h3,8H,1-2,5H2,(H,6,7);1-3H3;1H3,(H,3,4). The Labute approximate surface area is 102 Å². The van der Waals surface area contributed by atoms with Crippen LogP contribution in [-0.2, 0) is 9.59 Å². The fraction of sp³-hybridized carbons (Fsp3) is 0.778. The Kier molecular flexibility index (Phi) is 18.3. The van der Waals surface area contributed by atoms with E-state index in [0.29, 0.717) is 12.2 Å². The number of thiol groups is 1. The van der Waals surface area contributed by atoms with Gasteiger partial charge in [-0.25, -0.2) is 0 Å². The van der Waals surface area contributed by atoms with Crippen LogP contribution in [0.15, 0.2) is 0 Å². The maximum Gasteiger partial charge on any atom is 0.320 e. The zero-order valence-corrected chi connectivity index (χ0v) is 11.1. The Morgan fingerprint density at radius 1 is 1.31 bits per heavy atom. The van der Waals surface area contributed by atoms with Gasteiger partial charge in [0, 0.05) is 6.92 Å². The molecule has 0 aliphatic carbocycles. The molecule has 6 nitrogen and oxygen atoms in total. The minimum absolute atomic E-state index is 0.429. The van der Waals surface area contributed by atoms with Crippen molar-refractivity contribution >= 4 is 24.6 Å². The van der Waals surface area contributed by atoms with Gasteiger partial charge in [0.05, 0.1) is 0 Å². The Morgan fingerprint density at radius 2 is 1.56 bits per heavy atom. The van der Waals surface area contributed by atoms with Gasteiger partial charge in [-0.1, -0.05) is 0 Å². The van der Waals surface area contributed by atoms with E-state index in [4.69, 9.17) is 20.7 Å². The number of nitrogens with zero attached hydrogens (tertiary/aromatic N) is 1. The van der Waals surface area contributed by atoms with Crippen LogP contribution >= 0.6 is 12.6 Å². The van der Waals surface area contributed by atoms with Gasteiger partial charge >= 0.3 is 5.97 Å². The molecule has 16 heavy (non-hydrogen) atoms. The summed E-state index contributed by atoms with van der Waals surface area (Å²) in [5.74, 6) is -1.27. The van der Waals surface area contributed by atoms with E-state index in [1.807, 2.05) is 26.0 Å². The van der Waals surface area contributed by atoms with E-state index >= 15 is 0 Å². The third-order valence-electron chi connectivity index (χ3n) is 0.757. The van der Waals surface area contributed by atoms with Crippen molar-refractivity contribution in [3.05, 3.63) is 0 Å². The maximum absolute atomic E-state index is 9.93. The van der Waals surface area contributed by atoms with Crippen molar-refractivity contribution in [2.45, 2.75) is 19.4 Å². The molecule has 0 fully saturated rings. The van der Waals surface area contributed by atoms with Crippen LogP contribution < -0.4 is 5.73 Å². The Hall–Kier alpha value is -0.790. The predicted octanol–water partition coefficient (Wildman–Crippen LogP) is -0.0131. The zero-order valence-electron chi connectivity index (χ0n) is 10.2. The third kappa shape index (κ3) is 51.1. The first-order chi connectivity index (χ1) is 7.14. The first kappa shape index (κ1) is 20.6. The SMILES string of the molecule is CC(=O)O.CN(C)C.NC(CCS)C(=O)O. The van der Waals surface area contributed by atoms with E-state index < -0.39 is 18.0 Å². The monoisotopic (exact) mass is 254 g/mol. The molecule has 4 N–H and O–H groups in total. The van der Waals surface area contributed by atoms with Crippen LogP contribution in [0.3, 0.4) is 0 Å². The Morgan fingerprint density at radius 3 is 1.62 bits per heavy atom. The highest BCUT2D eigenvalue weighted by Gasteiger charge is 2.08. The molecule has 0 rings (SSSR count). The molecule has 0 bridgehead atoms. The third-order valence-corrected chi connectivity index (χ3v) is 1.02. The fourth-order valence-corrected chi connectivity index (χ4v) is 0.541. The summed E-state index contributed by atoms with van der Waals surface area (Å²) >= 11 is 3.81. The van der Waals surface area contributed by atoms with Gasteiger partial charge in [-0.05, 0) is 33.3 Å². The predicted molar refractivity (Wildman–Crippen MR) is 67.0 cm³/mol. The minimum atomic E-state index is -0.959. The van der Waals surface area contributed by atoms with Gasteiger partial charge in [0.25, 0.3) is 5.97 Å². The van der Waals surface area contributed by atoms with Gasteiger partial charge in [-0.15, -0.1) is 0 Å². The molecule has 0 aliphatic heterocycles. The van der Waals surface area contributed by atoms with Crippen LogP contribution in [0.2, 0.25) is 0 Å². The molecular formula is C9H22N2O4S. The van der Waals surface area contributed by atoms with E-state index in [1.165, 1.54) is 0 Å². The van der Waals surface area contributed by atoms with Crippen molar-refractivity contribution in [2.75, 3.05) is 26.9 Å². The molecular weight excluding hydrogens is 232 g/mol. The number of carbonyl (C=O) groups is 2. The Bertz CT molecular complexity index is 182. The molecule has 0 aliphatic rings. The van der Waals surface area contributed by atoms with Gasteiger partial charge in [0.15, 0.2) is 0 Å². The second-order valence-electron chi connectivity index (χ2n) is 3.32. The van der Waals surface area contributed by atoms with Gasteiger partial charge in [0.2, 0.25) is 0 Å². The molecule has 0 aromatic rings. The molecule has 0 radical (unpaired) electrons. The second kappa shape index (κ2) is 14.2. The zero-order chi connectivity index (χ0) is 13.7. The van der Waals surface area contributed by atoms with Crippen LogP contribution in [0.4, 0.5) is 0 Å². The average Bonchev–Trinajstić information content (AvgIpc) is 2.02. The highest BCUT2D eigenvalue weighted by Crippen LogP contribution is 1.88. The molecule has 0 aromatic carbocycles. The molecule has 7 heteroatoms. The van der Waals surface area contributed by atoms with Crippen molar-refractivity contribution in [2.24, 2.45) is 5.73 Å². The maximum atomic E-state index is 9.93. The topological polar surface area (TPSA) is 104 Å². The summed E-state index contributed by atoms with van der Waals surface area (Å²) in [5, 5.41) is 15.6. The summed E-state index contributed by atoms with van der Waals surface area (Å²) in [5.41, 5.74) is 5.08. The smallest absolute Gasteiger partial charge is 0.320 e. The number of aliphatic carboxylic acids is 2. The summed E-state index contributed by atoms with van der Waals surface area (Å²) < 4.78 is 0. The summed E-state index contributed by atoms with van der Waals surface area (Å²) in [6.07, 6.45) is 0.429. The van der Waals surface area contributed by atoms with Gasteiger partial charge in [-0.3, -0.25) is 9.59 Å². The van der Waals surface area contributed by atoms with Crippen molar-refractivity contribution in [1.29, 1.82) is 0 Å². The van der Waals surface area contributed by atoms with Gasteiger partial charge in [0.1, 0.15) is 6.04 Å². The number of hydrogen-bond donors (Lipinski definition) is 4. The first-order valence-electron chi connectivity index (χ1n) is 4.54. The van der Waals surface area contributed by atoms with Crippen molar-refractivity contribution < 1.29 is 19.8 Å².